The molecule has 6 fully saturated rings. The van der Waals surface area contributed by atoms with E-state index in [2.05, 4.69) is 69.1 Å². The monoisotopic (exact) mass is 735 g/mol. The summed E-state index contributed by atoms with van der Waals surface area (Å²) < 4.78 is 45.0. The quantitative estimate of drug-likeness (QED) is 0.365. The summed E-state index contributed by atoms with van der Waals surface area (Å²) in [7, 11) is 0. The lowest BCUT2D eigenvalue weighted by Crippen LogP contribution is -2.70. The number of carbonyl (C=O) groups is 2. The van der Waals surface area contributed by atoms with Gasteiger partial charge in [-0.05, 0) is 89.7 Å². The van der Waals surface area contributed by atoms with Gasteiger partial charge in [0.15, 0.2) is 0 Å². The molecule has 6 aliphatic rings. The van der Waals surface area contributed by atoms with E-state index in [1.807, 2.05) is 44.0 Å². The van der Waals surface area contributed by atoms with Crippen LogP contribution in [0.15, 0.2) is 45.6 Å². The largest absolute Gasteiger partial charge is 0.446 e. The summed E-state index contributed by atoms with van der Waals surface area (Å²) in [6.45, 7) is 11.8. The number of rotatable bonds is 2. The number of halogens is 5. The van der Waals surface area contributed by atoms with Gasteiger partial charge in [-0.2, -0.15) is 13.2 Å². The molecule has 4 unspecified atom stereocenters. The Bertz CT molecular complexity index is 1190. The number of amides is 1. The number of aldehydes is 1. The Morgan fingerprint density at radius 2 is 1.37 bits per heavy atom. The van der Waals surface area contributed by atoms with Crippen LogP contribution in [-0.2, 0) is 9.53 Å². The van der Waals surface area contributed by atoms with Crippen LogP contribution in [0.25, 0.3) is 0 Å². The summed E-state index contributed by atoms with van der Waals surface area (Å²) in [5.74, 6) is 2.07. The van der Waals surface area contributed by atoms with Crippen LogP contribution in [-0.4, -0.2) is 89.4 Å². The number of ether oxygens (including phenoxy) is 1. The van der Waals surface area contributed by atoms with E-state index in [4.69, 9.17) is 10.9 Å². The SMILES string of the molecule is Brc1ccc(N2CC3CC(C2)N3)nc1.CC(C)(C)OC(=O)N1C2CC1CN(c1ccc(Br)cn1)C2.O=CC(F)(F)F.[2H]CC. The highest BCUT2D eigenvalue weighted by Crippen LogP contribution is 2.35. The third-order valence-electron chi connectivity index (χ3n) is 6.92. The van der Waals surface area contributed by atoms with Crippen LogP contribution in [0, 0.1) is 0 Å². The van der Waals surface area contributed by atoms with E-state index in [0.717, 1.165) is 53.2 Å². The van der Waals surface area contributed by atoms with Crippen molar-refractivity contribution in [3.63, 3.8) is 0 Å². The minimum absolute atomic E-state index is 0.188. The molecular formula is C29H39Br2F3N6O3. The minimum atomic E-state index is -4.64. The lowest BCUT2D eigenvalue weighted by Gasteiger charge is -2.56. The zero-order valence-electron chi connectivity index (χ0n) is 25.7. The molecule has 4 bridgehead atoms. The maximum Gasteiger partial charge on any atom is 0.446 e. The van der Waals surface area contributed by atoms with Gasteiger partial charge in [-0.15, -0.1) is 0 Å². The molecule has 2 aromatic rings. The summed E-state index contributed by atoms with van der Waals surface area (Å²) in [4.78, 5) is 36.2. The number of carbonyl (C=O) groups excluding carboxylic acids is 2. The highest BCUT2D eigenvalue weighted by Gasteiger charge is 2.49. The van der Waals surface area contributed by atoms with Crippen molar-refractivity contribution in [2.45, 2.75) is 83.4 Å². The molecule has 14 heteroatoms. The van der Waals surface area contributed by atoms with Gasteiger partial charge in [-0.25, -0.2) is 14.8 Å². The molecule has 6 saturated heterocycles. The van der Waals surface area contributed by atoms with Crippen LogP contribution in [0.1, 0.15) is 48.8 Å². The Hall–Kier alpha value is -2.45. The fourth-order valence-electron chi connectivity index (χ4n) is 5.22. The van der Waals surface area contributed by atoms with Crippen molar-refractivity contribution in [2.75, 3.05) is 36.0 Å². The minimum Gasteiger partial charge on any atom is -0.444 e. The number of piperidine rings is 2. The molecule has 238 valence electrons. The highest BCUT2D eigenvalue weighted by atomic mass is 79.9. The smallest absolute Gasteiger partial charge is 0.444 e. The van der Waals surface area contributed by atoms with Gasteiger partial charge < -0.3 is 19.9 Å². The number of hydrogen-bond acceptors (Lipinski definition) is 8. The fraction of sp³-hybridized carbons (Fsp3) is 0.586. The first-order valence-electron chi connectivity index (χ1n) is 14.7. The number of nitrogens with zero attached hydrogens (tertiary/aromatic N) is 5. The van der Waals surface area contributed by atoms with Crippen LogP contribution >= 0.6 is 31.9 Å². The lowest BCUT2D eigenvalue weighted by atomic mass is 9.88. The van der Waals surface area contributed by atoms with Gasteiger partial charge >= 0.3 is 12.3 Å². The molecule has 0 spiro atoms. The molecule has 2 aromatic heterocycles. The number of anilines is 2. The van der Waals surface area contributed by atoms with Gasteiger partial charge in [-0.3, -0.25) is 9.69 Å². The van der Waals surface area contributed by atoms with Crippen molar-refractivity contribution in [1.29, 1.82) is 0 Å². The second kappa shape index (κ2) is 15.0. The van der Waals surface area contributed by atoms with Crippen LogP contribution in [0.2, 0.25) is 0 Å². The van der Waals surface area contributed by atoms with Gasteiger partial charge in [0.2, 0.25) is 6.29 Å². The summed E-state index contributed by atoms with van der Waals surface area (Å²) >= 11 is 6.79. The molecule has 8 rings (SSSR count). The Morgan fingerprint density at radius 3 is 1.72 bits per heavy atom. The molecule has 0 aliphatic carbocycles. The number of nitrogens with one attached hydrogen (secondary N) is 1. The molecule has 1 amide bonds. The molecule has 43 heavy (non-hydrogen) atoms. The number of piperazine rings is 2. The van der Waals surface area contributed by atoms with Crippen molar-refractivity contribution in [2.24, 2.45) is 0 Å². The van der Waals surface area contributed by atoms with Crippen molar-refractivity contribution in [3.05, 3.63) is 45.6 Å². The van der Waals surface area contributed by atoms with Gasteiger partial charge in [-0.1, -0.05) is 13.8 Å². The predicted octanol–water partition coefficient (Wildman–Crippen LogP) is 6.21. The average molecular weight is 737 g/mol. The standard InChI is InChI=1S/C15H20BrN3O2.C10H12BrN3.C2HF3O.C2H6/c1-15(2,3)21-14(20)19-11-6-12(19)9-18(8-11)13-5-4-10(16)7-17-13;11-7-1-2-10(12-4-7)14-5-8-3-9(6-14)13-8;3-2(4,5)1-6;1-2/h4-5,7,11-12H,6,8-9H2,1-3H3;1-2,4,8-9,13H,3,5-6H2;1H;1-2H3/i;;;1D. The summed E-state index contributed by atoms with van der Waals surface area (Å²) in [6.07, 6.45) is 0.184. The Kier molecular flexibility index (Phi) is 11.7. The zero-order valence-corrected chi connectivity index (χ0v) is 27.8. The molecule has 0 radical (unpaired) electrons. The number of pyridine rings is 2. The molecule has 1 N–H and O–H groups in total. The van der Waals surface area contributed by atoms with Crippen molar-refractivity contribution < 1.29 is 28.9 Å². The van der Waals surface area contributed by atoms with Crippen LogP contribution < -0.4 is 15.1 Å². The number of alkyl halides is 3. The molecular weight excluding hydrogens is 697 g/mol. The number of aromatic nitrogens is 2. The van der Waals surface area contributed by atoms with Crippen molar-refractivity contribution in [3.8, 4) is 0 Å². The van der Waals surface area contributed by atoms with E-state index in [-0.39, 0.29) is 18.2 Å². The van der Waals surface area contributed by atoms with E-state index in [9.17, 15) is 18.0 Å². The van der Waals surface area contributed by atoms with E-state index in [1.165, 1.54) is 6.42 Å². The van der Waals surface area contributed by atoms with Crippen LogP contribution in [0.4, 0.5) is 29.6 Å². The Balaban J connectivity index is 0.000000197. The third-order valence-corrected chi connectivity index (χ3v) is 7.86. The first kappa shape index (κ1) is 33.4. The molecule has 0 saturated carbocycles. The van der Waals surface area contributed by atoms with Gasteiger partial charge in [0.25, 0.3) is 0 Å². The summed E-state index contributed by atoms with van der Waals surface area (Å²) in [6, 6.07) is 10.00. The van der Waals surface area contributed by atoms with Gasteiger partial charge in [0.1, 0.15) is 17.2 Å². The maximum absolute atomic E-state index is 12.2. The first-order chi connectivity index (χ1) is 20.6. The van der Waals surface area contributed by atoms with Crippen molar-refractivity contribution >= 4 is 55.9 Å². The van der Waals surface area contributed by atoms with E-state index < -0.39 is 18.1 Å². The lowest BCUT2D eigenvalue weighted by molar-refractivity contribution is -0.156. The molecule has 4 atom stereocenters. The fourth-order valence-corrected chi connectivity index (χ4v) is 5.69. The summed E-state index contributed by atoms with van der Waals surface area (Å²) in [5, 5.41) is 3.51. The second-order valence-corrected chi connectivity index (χ2v) is 13.2. The first-order valence-corrected chi connectivity index (χ1v) is 15.5. The Morgan fingerprint density at radius 1 is 0.953 bits per heavy atom. The number of hydrogen-bond donors (Lipinski definition) is 1. The maximum atomic E-state index is 12.2. The average Bonchev–Trinajstić information content (AvgIpc) is 2.93. The summed E-state index contributed by atoms with van der Waals surface area (Å²) in [5.41, 5.74) is -0.437. The van der Waals surface area contributed by atoms with Crippen LogP contribution in [0.5, 0.6) is 0 Å². The van der Waals surface area contributed by atoms with Crippen molar-refractivity contribution in [1.82, 2.24) is 20.2 Å². The zero-order chi connectivity index (χ0) is 32.7. The Labute approximate surface area is 269 Å². The predicted molar refractivity (Wildman–Crippen MR) is 167 cm³/mol. The topological polar surface area (TPSA) is 90.9 Å². The molecule has 0 aromatic carbocycles. The number of fused-ring (bicyclic) bond motifs is 4. The normalized spacial score (nSPS) is 23.7. The molecule has 8 heterocycles. The van der Waals surface area contributed by atoms with E-state index in [0.29, 0.717) is 19.0 Å². The van der Waals surface area contributed by atoms with E-state index >= 15 is 0 Å². The van der Waals surface area contributed by atoms with Gasteiger partial charge in [0, 0.05) is 61.0 Å². The molecule has 6 aliphatic heterocycles. The highest BCUT2D eigenvalue weighted by molar-refractivity contribution is 9.10. The van der Waals surface area contributed by atoms with Gasteiger partial charge in [0.05, 0.1) is 12.1 Å². The molecule has 9 nitrogen and oxygen atoms in total. The third kappa shape index (κ3) is 10.3. The van der Waals surface area contributed by atoms with Crippen LogP contribution in [0.3, 0.4) is 0 Å². The van der Waals surface area contributed by atoms with E-state index in [1.54, 1.807) is 13.1 Å². The second-order valence-electron chi connectivity index (χ2n) is 11.4.